The Morgan fingerprint density at radius 3 is 2.76 bits per heavy atom. The summed E-state index contributed by atoms with van der Waals surface area (Å²) in [6.07, 6.45) is 0. The lowest BCUT2D eigenvalue weighted by molar-refractivity contribution is 0.902. The largest absolute Gasteiger partial charge is 0.357 e. The van der Waals surface area contributed by atoms with E-state index in [2.05, 4.69) is 31.3 Å². The summed E-state index contributed by atoms with van der Waals surface area (Å²) in [6, 6.07) is 3.52. The first-order valence-electron chi connectivity index (χ1n) is 6.27. The highest BCUT2D eigenvalue weighted by molar-refractivity contribution is 7.99. The van der Waals surface area contributed by atoms with Crippen LogP contribution in [0.25, 0.3) is 10.2 Å². The van der Waals surface area contributed by atoms with Crippen molar-refractivity contribution in [3.63, 3.8) is 0 Å². The van der Waals surface area contributed by atoms with Crippen molar-refractivity contribution in [3.8, 4) is 0 Å². The first-order chi connectivity index (χ1) is 10.0. The molecule has 0 bridgehead atoms. The Hall–Kier alpha value is -1.93. The van der Waals surface area contributed by atoms with E-state index in [-0.39, 0.29) is 5.56 Å². The van der Waals surface area contributed by atoms with Crippen LogP contribution >= 0.6 is 23.1 Å². The fourth-order valence-corrected chi connectivity index (χ4v) is 3.76. The van der Waals surface area contributed by atoms with E-state index in [9.17, 15) is 4.79 Å². The summed E-state index contributed by atoms with van der Waals surface area (Å²) in [5.74, 6) is 0.557. The average molecular weight is 319 g/mol. The number of H-pyrrole nitrogens is 1. The van der Waals surface area contributed by atoms with E-state index < -0.39 is 0 Å². The molecule has 0 atom stereocenters. The first-order valence-corrected chi connectivity index (χ1v) is 7.90. The SMILES string of the molecule is CNc1nc(Sc2nc(C)cc(=O)[nH]2)c2cc(C)sc2n1. The predicted molar refractivity (Wildman–Crippen MR) is 85.4 cm³/mol. The quantitative estimate of drug-likeness (QED) is 0.570. The van der Waals surface area contributed by atoms with Gasteiger partial charge in [0.05, 0.1) is 0 Å². The molecule has 8 heteroatoms. The Labute approximate surface area is 129 Å². The lowest BCUT2D eigenvalue weighted by Crippen LogP contribution is -2.08. The second-order valence-electron chi connectivity index (χ2n) is 4.47. The number of aromatic nitrogens is 4. The number of aromatic amines is 1. The van der Waals surface area contributed by atoms with Crippen LogP contribution in [0.3, 0.4) is 0 Å². The van der Waals surface area contributed by atoms with E-state index in [0.717, 1.165) is 15.2 Å². The zero-order valence-corrected chi connectivity index (χ0v) is 13.4. The van der Waals surface area contributed by atoms with E-state index in [4.69, 9.17) is 0 Å². The second-order valence-corrected chi connectivity index (χ2v) is 6.68. The third-order valence-electron chi connectivity index (χ3n) is 2.75. The number of nitrogens with one attached hydrogen (secondary N) is 2. The molecule has 0 spiro atoms. The molecule has 0 radical (unpaired) electrons. The van der Waals surface area contributed by atoms with E-state index in [1.54, 1.807) is 25.3 Å². The molecule has 0 aliphatic carbocycles. The monoisotopic (exact) mass is 319 g/mol. The summed E-state index contributed by atoms with van der Waals surface area (Å²) in [6.45, 7) is 3.83. The molecule has 0 aliphatic heterocycles. The summed E-state index contributed by atoms with van der Waals surface area (Å²) in [5, 5.41) is 5.25. The van der Waals surface area contributed by atoms with Gasteiger partial charge in [0, 0.05) is 29.1 Å². The molecule has 21 heavy (non-hydrogen) atoms. The molecule has 2 N–H and O–H groups in total. The number of aryl methyl sites for hydroxylation is 2. The second kappa shape index (κ2) is 5.45. The third kappa shape index (κ3) is 2.91. The maximum atomic E-state index is 11.5. The van der Waals surface area contributed by atoms with Crippen molar-refractivity contribution in [2.75, 3.05) is 12.4 Å². The van der Waals surface area contributed by atoms with Crippen molar-refractivity contribution in [3.05, 3.63) is 33.1 Å². The molecule has 3 rings (SSSR count). The molecule has 108 valence electrons. The molecular weight excluding hydrogens is 306 g/mol. The molecule has 0 aliphatic rings. The highest BCUT2D eigenvalue weighted by atomic mass is 32.2. The van der Waals surface area contributed by atoms with Gasteiger partial charge in [-0.1, -0.05) is 0 Å². The van der Waals surface area contributed by atoms with Crippen LogP contribution in [0, 0.1) is 13.8 Å². The molecular formula is C13H13N5OS2. The highest BCUT2D eigenvalue weighted by Gasteiger charge is 2.12. The van der Waals surface area contributed by atoms with E-state index >= 15 is 0 Å². The van der Waals surface area contributed by atoms with Gasteiger partial charge in [-0.3, -0.25) is 4.79 Å². The van der Waals surface area contributed by atoms with Crippen molar-refractivity contribution in [2.45, 2.75) is 24.0 Å². The fourth-order valence-electron chi connectivity index (χ4n) is 1.90. The number of nitrogens with zero attached hydrogens (tertiary/aromatic N) is 3. The lowest BCUT2D eigenvalue weighted by Gasteiger charge is -2.05. The smallest absolute Gasteiger partial charge is 0.251 e. The van der Waals surface area contributed by atoms with Crippen LogP contribution in [0.2, 0.25) is 0 Å². The zero-order chi connectivity index (χ0) is 15.0. The summed E-state index contributed by atoms with van der Waals surface area (Å²) in [7, 11) is 1.78. The summed E-state index contributed by atoms with van der Waals surface area (Å²) >= 11 is 2.95. The Bertz CT molecular complexity index is 871. The molecule has 0 saturated heterocycles. The highest BCUT2D eigenvalue weighted by Crippen LogP contribution is 2.34. The van der Waals surface area contributed by atoms with E-state index in [1.807, 2.05) is 6.92 Å². The minimum Gasteiger partial charge on any atom is -0.357 e. The number of fused-ring (bicyclic) bond motifs is 1. The Kier molecular flexibility index (Phi) is 3.64. The molecule has 0 saturated carbocycles. The van der Waals surface area contributed by atoms with Gasteiger partial charge in [-0.05, 0) is 31.7 Å². The van der Waals surface area contributed by atoms with Crippen LogP contribution in [0.15, 0.2) is 27.1 Å². The van der Waals surface area contributed by atoms with Gasteiger partial charge in [-0.15, -0.1) is 11.3 Å². The molecule has 0 fully saturated rings. The van der Waals surface area contributed by atoms with Gasteiger partial charge in [-0.2, -0.15) is 0 Å². The van der Waals surface area contributed by atoms with Crippen molar-refractivity contribution in [1.82, 2.24) is 19.9 Å². The molecule has 0 unspecified atom stereocenters. The first kappa shape index (κ1) is 14.0. The van der Waals surface area contributed by atoms with Gasteiger partial charge in [0.15, 0.2) is 5.16 Å². The minimum absolute atomic E-state index is 0.161. The van der Waals surface area contributed by atoms with Crippen molar-refractivity contribution >= 4 is 39.3 Å². The topological polar surface area (TPSA) is 83.6 Å². The summed E-state index contributed by atoms with van der Waals surface area (Å²) in [5.41, 5.74) is 0.521. The normalized spacial score (nSPS) is 11.0. The van der Waals surface area contributed by atoms with Crippen LogP contribution in [-0.4, -0.2) is 27.0 Å². The van der Waals surface area contributed by atoms with Crippen molar-refractivity contribution in [2.24, 2.45) is 0 Å². The lowest BCUT2D eigenvalue weighted by atomic mass is 10.4. The van der Waals surface area contributed by atoms with Crippen LogP contribution < -0.4 is 10.9 Å². The zero-order valence-electron chi connectivity index (χ0n) is 11.7. The number of rotatable bonds is 3. The van der Waals surface area contributed by atoms with E-state index in [1.165, 1.54) is 22.7 Å². The molecule has 3 aromatic heterocycles. The standard InChI is InChI=1S/C13H13N5OS2/c1-6-4-9(19)16-13(15-6)21-11-8-5-7(2)20-10(8)17-12(14-3)18-11/h4-5H,1-3H3,(H,14,17,18)(H,15,16,19). The maximum Gasteiger partial charge on any atom is 0.251 e. The minimum atomic E-state index is -0.161. The number of anilines is 1. The Morgan fingerprint density at radius 1 is 1.24 bits per heavy atom. The van der Waals surface area contributed by atoms with Crippen LogP contribution in [0.5, 0.6) is 0 Å². The van der Waals surface area contributed by atoms with Crippen LogP contribution in [-0.2, 0) is 0 Å². The number of hydrogen-bond acceptors (Lipinski definition) is 7. The maximum absolute atomic E-state index is 11.5. The van der Waals surface area contributed by atoms with Crippen LogP contribution in [0.1, 0.15) is 10.6 Å². The number of hydrogen-bond donors (Lipinski definition) is 2. The van der Waals surface area contributed by atoms with Gasteiger partial charge in [0.1, 0.15) is 9.86 Å². The Balaban J connectivity index is 2.12. The molecule has 0 amide bonds. The van der Waals surface area contributed by atoms with Gasteiger partial charge in [0.2, 0.25) is 5.95 Å². The van der Waals surface area contributed by atoms with Gasteiger partial charge in [0.25, 0.3) is 5.56 Å². The van der Waals surface area contributed by atoms with Crippen molar-refractivity contribution in [1.29, 1.82) is 0 Å². The van der Waals surface area contributed by atoms with Crippen LogP contribution in [0.4, 0.5) is 5.95 Å². The fraction of sp³-hybridized carbons (Fsp3) is 0.231. The van der Waals surface area contributed by atoms with E-state index in [0.29, 0.717) is 16.8 Å². The number of thiophene rings is 1. The van der Waals surface area contributed by atoms with Crippen molar-refractivity contribution < 1.29 is 0 Å². The van der Waals surface area contributed by atoms with Gasteiger partial charge >= 0.3 is 0 Å². The summed E-state index contributed by atoms with van der Waals surface area (Å²) < 4.78 is 0. The molecule has 0 aromatic carbocycles. The molecule has 3 heterocycles. The average Bonchev–Trinajstić information content (AvgIpc) is 2.78. The molecule has 3 aromatic rings. The third-order valence-corrected chi connectivity index (χ3v) is 4.58. The molecule has 6 nitrogen and oxygen atoms in total. The van der Waals surface area contributed by atoms with Gasteiger partial charge < -0.3 is 10.3 Å². The predicted octanol–water partition coefficient (Wildman–Crippen LogP) is 2.58. The van der Waals surface area contributed by atoms with Gasteiger partial charge in [-0.25, -0.2) is 15.0 Å². The Morgan fingerprint density at radius 2 is 2.05 bits per heavy atom. The summed E-state index contributed by atoms with van der Waals surface area (Å²) in [4.78, 5) is 29.6.